The van der Waals surface area contributed by atoms with Gasteiger partial charge < -0.3 is 19.9 Å². The van der Waals surface area contributed by atoms with Crippen LogP contribution < -0.4 is 4.90 Å². The molecule has 0 saturated carbocycles. The summed E-state index contributed by atoms with van der Waals surface area (Å²) in [5.74, 6) is -0.606. The smallest absolute Gasteiger partial charge is 0.406 e. The maximum absolute atomic E-state index is 12.7. The lowest BCUT2D eigenvalue weighted by Gasteiger charge is -2.29. The van der Waals surface area contributed by atoms with Gasteiger partial charge in [0, 0.05) is 36.9 Å². The summed E-state index contributed by atoms with van der Waals surface area (Å²) in [6.07, 6.45) is 0.767. The quantitative estimate of drug-likeness (QED) is 0.627. The third-order valence-corrected chi connectivity index (χ3v) is 5.30. The van der Waals surface area contributed by atoms with Gasteiger partial charge in [0.15, 0.2) is 17.4 Å². The Labute approximate surface area is 179 Å². The van der Waals surface area contributed by atoms with E-state index in [4.69, 9.17) is 11.6 Å². The molecule has 4 rings (SSSR count). The molecule has 0 aliphatic carbocycles. The molecule has 4 heterocycles. The highest BCUT2D eigenvalue weighted by Gasteiger charge is 2.38. The third-order valence-electron chi connectivity index (χ3n) is 5.09. The molecule has 12 heteroatoms. The molecule has 1 saturated heterocycles. The van der Waals surface area contributed by atoms with Gasteiger partial charge >= 0.3 is 6.18 Å². The summed E-state index contributed by atoms with van der Waals surface area (Å²) in [5, 5.41) is 11.5. The lowest BCUT2D eigenvalue weighted by Crippen LogP contribution is -2.47. The maximum atomic E-state index is 12.7. The number of carbonyl (C=O) groups excluding carboxylic acids is 1. The van der Waals surface area contributed by atoms with Crippen molar-refractivity contribution in [2.24, 2.45) is 0 Å². The fourth-order valence-electron chi connectivity index (χ4n) is 3.75. The van der Waals surface area contributed by atoms with E-state index in [1.165, 1.54) is 17.3 Å². The van der Waals surface area contributed by atoms with Crippen LogP contribution in [-0.2, 0) is 4.79 Å². The van der Waals surface area contributed by atoms with Gasteiger partial charge in [0.05, 0.1) is 11.2 Å². The number of rotatable bonds is 4. The molecule has 2 N–H and O–H groups in total. The van der Waals surface area contributed by atoms with E-state index in [1.54, 1.807) is 12.3 Å². The Balaban J connectivity index is 1.68. The molecule has 8 nitrogen and oxygen atoms in total. The number of pyridine rings is 1. The van der Waals surface area contributed by atoms with Crippen molar-refractivity contribution >= 4 is 34.4 Å². The molecule has 3 aromatic heterocycles. The number of anilines is 1. The summed E-state index contributed by atoms with van der Waals surface area (Å²) >= 11 is 6.04. The van der Waals surface area contributed by atoms with Crippen LogP contribution in [0.25, 0.3) is 22.4 Å². The number of hydrogen-bond acceptors (Lipinski definition) is 6. The van der Waals surface area contributed by atoms with E-state index in [1.807, 2.05) is 0 Å². The van der Waals surface area contributed by atoms with Gasteiger partial charge in [-0.1, -0.05) is 11.6 Å². The van der Waals surface area contributed by atoms with Crippen LogP contribution in [0.1, 0.15) is 12.8 Å². The topological polar surface area (TPSA) is 98.2 Å². The number of hydrogen-bond donors (Lipinski definition) is 2. The van der Waals surface area contributed by atoms with Crippen molar-refractivity contribution in [2.75, 3.05) is 25.0 Å². The van der Waals surface area contributed by atoms with Crippen molar-refractivity contribution in [3.8, 4) is 17.1 Å². The Bertz CT molecular complexity index is 1140. The Morgan fingerprint density at radius 3 is 2.90 bits per heavy atom. The minimum atomic E-state index is -4.50. The Kier molecular flexibility index (Phi) is 5.38. The maximum Gasteiger partial charge on any atom is 0.406 e. The van der Waals surface area contributed by atoms with Crippen LogP contribution in [0.2, 0.25) is 5.02 Å². The van der Waals surface area contributed by atoms with Crippen molar-refractivity contribution in [3.63, 3.8) is 0 Å². The first-order valence-corrected chi connectivity index (χ1v) is 9.79. The van der Waals surface area contributed by atoms with E-state index < -0.39 is 24.7 Å². The number of halogens is 4. The van der Waals surface area contributed by atoms with Crippen LogP contribution >= 0.6 is 11.6 Å². The number of amides is 1. The average Bonchev–Trinajstić information content (AvgIpc) is 3.33. The lowest BCUT2D eigenvalue weighted by molar-refractivity contribution is -0.159. The second-order valence-electron chi connectivity index (χ2n) is 7.32. The van der Waals surface area contributed by atoms with Gasteiger partial charge in [-0.05, 0) is 18.9 Å². The second-order valence-corrected chi connectivity index (χ2v) is 7.75. The van der Waals surface area contributed by atoms with Gasteiger partial charge in [-0.25, -0.2) is 15.0 Å². The molecule has 0 bridgehead atoms. The predicted octanol–water partition coefficient (Wildman–Crippen LogP) is 3.37. The number of fused-ring (bicyclic) bond motifs is 1. The molecular weight excluding hydrogens is 437 g/mol. The Hall–Kier alpha value is -3.08. The molecule has 0 aromatic carbocycles. The number of nitrogens with one attached hydrogen (secondary N) is 1. The molecule has 1 aliphatic rings. The van der Waals surface area contributed by atoms with Crippen molar-refractivity contribution in [1.29, 1.82) is 0 Å². The number of H-pyrrole nitrogens is 1. The van der Waals surface area contributed by atoms with Gasteiger partial charge in [-0.3, -0.25) is 4.79 Å². The first kappa shape index (κ1) is 21.2. The number of alkyl halides is 3. The molecule has 1 amide bonds. The van der Waals surface area contributed by atoms with Gasteiger partial charge in [-0.2, -0.15) is 13.2 Å². The van der Waals surface area contributed by atoms with Crippen LogP contribution in [0.15, 0.2) is 24.7 Å². The van der Waals surface area contributed by atoms with Crippen LogP contribution in [-0.4, -0.2) is 68.2 Å². The molecule has 1 aliphatic heterocycles. The number of aromatic nitrogens is 4. The molecule has 31 heavy (non-hydrogen) atoms. The van der Waals surface area contributed by atoms with E-state index >= 15 is 0 Å². The van der Waals surface area contributed by atoms with E-state index in [9.17, 15) is 23.1 Å². The van der Waals surface area contributed by atoms with E-state index in [2.05, 4.69) is 19.9 Å². The summed E-state index contributed by atoms with van der Waals surface area (Å²) < 4.78 is 38.2. The van der Waals surface area contributed by atoms with Crippen LogP contribution in [0.3, 0.4) is 0 Å². The number of nitrogens with zero attached hydrogens (tertiary/aromatic N) is 5. The molecular formula is C19H18ClF3N6O2. The predicted molar refractivity (Wildman–Crippen MR) is 108 cm³/mol. The minimum absolute atomic E-state index is 0.0885. The highest BCUT2D eigenvalue weighted by Crippen LogP contribution is 2.35. The Morgan fingerprint density at radius 1 is 1.39 bits per heavy atom. The summed E-state index contributed by atoms with van der Waals surface area (Å²) in [6.45, 7) is -0.984. The number of aromatic amines is 1. The van der Waals surface area contributed by atoms with Crippen molar-refractivity contribution in [2.45, 2.75) is 25.1 Å². The standard InChI is InChI=1S/C19H18ClF3N6O2/c1-28(9-19(21,22)23)18(31)13-3-2-4-29(13)17-14(30)8-26-16(27-17)12-7-25-15-11(12)5-10(20)6-24-15/h5-8,13,30H,2-4,9H2,1H3,(H,24,25). The lowest BCUT2D eigenvalue weighted by atomic mass is 10.2. The summed E-state index contributed by atoms with van der Waals surface area (Å²) in [7, 11) is 1.11. The van der Waals surface area contributed by atoms with E-state index in [-0.39, 0.29) is 17.4 Å². The van der Waals surface area contributed by atoms with E-state index in [0.717, 1.165) is 7.05 Å². The summed E-state index contributed by atoms with van der Waals surface area (Å²) in [6, 6.07) is 0.833. The first-order valence-electron chi connectivity index (χ1n) is 9.41. The Morgan fingerprint density at radius 2 is 2.16 bits per heavy atom. The van der Waals surface area contributed by atoms with Crippen LogP contribution in [0, 0.1) is 0 Å². The largest absolute Gasteiger partial charge is 0.503 e. The normalized spacial score (nSPS) is 16.8. The zero-order valence-electron chi connectivity index (χ0n) is 16.3. The first-order chi connectivity index (χ1) is 14.6. The second kappa shape index (κ2) is 7.88. The summed E-state index contributed by atoms with van der Waals surface area (Å²) in [5.41, 5.74) is 1.16. The van der Waals surface area contributed by atoms with Crippen LogP contribution in [0.5, 0.6) is 5.75 Å². The van der Waals surface area contributed by atoms with Crippen LogP contribution in [0.4, 0.5) is 19.0 Å². The molecule has 1 unspecified atom stereocenters. The monoisotopic (exact) mass is 454 g/mol. The molecule has 0 spiro atoms. The fraction of sp³-hybridized carbons (Fsp3) is 0.368. The zero-order valence-corrected chi connectivity index (χ0v) is 17.1. The zero-order chi connectivity index (χ0) is 22.3. The van der Waals surface area contributed by atoms with Gasteiger partial charge in [0.25, 0.3) is 0 Å². The highest BCUT2D eigenvalue weighted by atomic mass is 35.5. The van der Waals surface area contributed by atoms with Crippen molar-refractivity contribution in [3.05, 3.63) is 29.7 Å². The molecule has 1 atom stereocenters. The highest BCUT2D eigenvalue weighted by molar-refractivity contribution is 6.31. The molecule has 1 fully saturated rings. The number of likely N-dealkylation sites (N-methyl/N-ethyl adjacent to an activating group) is 1. The van der Waals surface area contributed by atoms with E-state index in [0.29, 0.717) is 45.9 Å². The van der Waals surface area contributed by atoms with Gasteiger partial charge in [-0.15, -0.1) is 0 Å². The molecule has 0 radical (unpaired) electrons. The number of carbonyl (C=O) groups is 1. The third kappa shape index (κ3) is 4.22. The summed E-state index contributed by atoms with van der Waals surface area (Å²) in [4.78, 5) is 30.6. The van der Waals surface area contributed by atoms with Gasteiger partial charge in [0.2, 0.25) is 5.91 Å². The molecule has 164 valence electrons. The van der Waals surface area contributed by atoms with Crippen molar-refractivity contribution < 1.29 is 23.1 Å². The van der Waals surface area contributed by atoms with Gasteiger partial charge in [0.1, 0.15) is 18.2 Å². The average molecular weight is 455 g/mol. The fourth-order valence-corrected chi connectivity index (χ4v) is 3.91. The SMILES string of the molecule is CN(CC(F)(F)F)C(=O)C1CCCN1c1nc(-c2c[nH]c3ncc(Cl)cc23)ncc1O. The number of aromatic hydroxyl groups is 1. The molecule has 3 aromatic rings. The minimum Gasteiger partial charge on any atom is -0.503 e. The van der Waals surface area contributed by atoms with Crippen molar-refractivity contribution in [1.82, 2.24) is 24.8 Å².